The number of benzene rings is 2. The van der Waals surface area contributed by atoms with Crippen LogP contribution < -0.4 is 10.5 Å². The first-order chi connectivity index (χ1) is 15.0. The van der Waals surface area contributed by atoms with Crippen LogP contribution in [0.25, 0.3) is 16.7 Å². The molecule has 4 aromatic rings. The van der Waals surface area contributed by atoms with E-state index in [-0.39, 0.29) is 11.1 Å². The van der Waals surface area contributed by atoms with Gasteiger partial charge in [-0.3, -0.25) is 9.36 Å². The Morgan fingerprint density at radius 3 is 2.45 bits per heavy atom. The third-order valence-electron chi connectivity index (χ3n) is 5.72. The summed E-state index contributed by atoms with van der Waals surface area (Å²) in [6.07, 6.45) is 0.912. The zero-order chi connectivity index (χ0) is 21.5. The Labute approximate surface area is 178 Å². The van der Waals surface area contributed by atoms with Crippen molar-refractivity contribution in [1.82, 2.24) is 14.5 Å². The molecule has 1 aliphatic heterocycles. The van der Waals surface area contributed by atoms with Gasteiger partial charge in [-0.25, -0.2) is 9.78 Å². The summed E-state index contributed by atoms with van der Waals surface area (Å²) in [5.41, 5.74) is 4.39. The van der Waals surface area contributed by atoms with Crippen molar-refractivity contribution in [3.8, 4) is 5.69 Å². The van der Waals surface area contributed by atoms with E-state index in [1.165, 1.54) is 33.9 Å². The molecule has 0 unspecified atom stereocenters. The maximum atomic E-state index is 12.8. The highest BCUT2D eigenvalue weighted by atomic mass is 16.4. The van der Waals surface area contributed by atoms with E-state index < -0.39 is 5.97 Å². The van der Waals surface area contributed by atoms with Gasteiger partial charge in [-0.15, -0.1) is 0 Å². The summed E-state index contributed by atoms with van der Waals surface area (Å²) < 4.78 is 1.51. The molecule has 3 heterocycles. The van der Waals surface area contributed by atoms with Crippen LogP contribution in [0.3, 0.4) is 0 Å². The fraction of sp³-hybridized carbons (Fsp3) is 0.167. The van der Waals surface area contributed by atoms with Crippen molar-refractivity contribution >= 4 is 23.0 Å². The lowest BCUT2D eigenvalue weighted by atomic mass is 10.0. The molecular weight excluding hydrogens is 392 g/mol. The molecule has 5 rings (SSSR count). The molecule has 0 spiro atoms. The third-order valence-corrected chi connectivity index (χ3v) is 5.72. The minimum atomic E-state index is -1.01. The van der Waals surface area contributed by atoms with Gasteiger partial charge >= 0.3 is 5.97 Å². The van der Waals surface area contributed by atoms with Crippen LogP contribution in [-0.4, -0.2) is 32.2 Å². The number of aromatic nitrogens is 3. The largest absolute Gasteiger partial charge is 0.478 e. The quantitative estimate of drug-likeness (QED) is 0.555. The molecule has 0 fully saturated rings. The second-order valence-corrected chi connectivity index (χ2v) is 7.65. The molecule has 0 saturated carbocycles. The van der Waals surface area contributed by atoms with E-state index in [9.17, 15) is 9.59 Å². The number of carbonyl (C=O) groups is 1. The first-order valence-electron chi connectivity index (χ1n) is 10.1. The van der Waals surface area contributed by atoms with Crippen LogP contribution in [0.4, 0.5) is 5.95 Å². The van der Waals surface area contributed by atoms with Gasteiger partial charge in [-0.2, -0.15) is 4.98 Å². The minimum absolute atomic E-state index is 0.163. The molecule has 2 aromatic carbocycles. The average molecular weight is 412 g/mol. The summed E-state index contributed by atoms with van der Waals surface area (Å²) in [7, 11) is 0. The fourth-order valence-corrected chi connectivity index (χ4v) is 4.06. The zero-order valence-corrected chi connectivity index (χ0v) is 16.9. The van der Waals surface area contributed by atoms with Gasteiger partial charge in [0.15, 0.2) is 5.65 Å². The van der Waals surface area contributed by atoms with Gasteiger partial charge in [0.1, 0.15) is 0 Å². The topological polar surface area (TPSA) is 88.3 Å². The monoisotopic (exact) mass is 412 g/mol. The smallest absolute Gasteiger partial charge is 0.335 e. The van der Waals surface area contributed by atoms with Gasteiger partial charge in [-0.05, 0) is 54.8 Å². The summed E-state index contributed by atoms with van der Waals surface area (Å²) in [6, 6.07) is 17.8. The predicted molar refractivity (Wildman–Crippen MR) is 118 cm³/mol. The lowest BCUT2D eigenvalue weighted by molar-refractivity contribution is 0.0697. The number of aryl methyl sites for hydroxylation is 1. The van der Waals surface area contributed by atoms with Crippen LogP contribution in [0.1, 0.15) is 27.2 Å². The number of nitrogens with zero attached hydrogens (tertiary/aromatic N) is 4. The molecule has 0 bridgehead atoms. The molecule has 0 saturated heterocycles. The van der Waals surface area contributed by atoms with Crippen LogP contribution in [0, 0.1) is 6.92 Å². The molecule has 154 valence electrons. The Bertz CT molecular complexity index is 1380. The Balaban J connectivity index is 1.64. The number of carboxylic acids is 1. The van der Waals surface area contributed by atoms with Gasteiger partial charge < -0.3 is 10.0 Å². The molecular formula is C24H20N4O3. The molecule has 0 atom stereocenters. The first-order valence-corrected chi connectivity index (χ1v) is 10.1. The van der Waals surface area contributed by atoms with Crippen molar-refractivity contribution < 1.29 is 9.90 Å². The highest BCUT2D eigenvalue weighted by Crippen LogP contribution is 2.25. The van der Waals surface area contributed by atoms with Crippen molar-refractivity contribution in [2.45, 2.75) is 19.9 Å². The standard InChI is InChI=1S/C24H20N4O3/c1-15-20-10-11-21(29)28(19-8-6-17(7-9-19)23(30)31)22(20)26-24(25-15)27-13-12-16-4-2-3-5-18(16)14-27/h2-11H,12-14H2,1H3,(H,30,31). The molecule has 1 aliphatic rings. The lowest BCUT2D eigenvalue weighted by Crippen LogP contribution is -2.32. The maximum Gasteiger partial charge on any atom is 0.335 e. The van der Waals surface area contributed by atoms with Gasteiger partial charge in [-0.1, -0.05) is 24.3 Å². The number of hydrogen-bond donors (Lipinski definition) is 1. The third kappa shape index (κ3) is 3.34. The highest BCUT2D eigenvalue weighted by molar-refractivity contribution is 5.88. The van der Waals surface area contributed by atoms with Crippen molar-refractivity contribution in [3.63, 3.8) is 0 Å². The zero-order valence-electron chi connectivity index (χ0n) is 16.9. The van der Waals surface area contributed by atoms with E-state index >= 15 is 0 Å². The number of carboxylic acid groups (broad SMARTS) is 1. The van der Waals surface area contributed by atoms with Gasteiger partial charge in [0.2, 0.25) is 5.95 Å². The van der Waals surface area contributed by atoms with Crippen LogP contribution in [0.2, 0.25) is 0 Å². The first kappa shape index (κ1) is 19.0. The summed E-state index contributed by atoms with van der Waals surface area (Å²) in [6.45, 7) is 3.42. The van der Waals surface area contributed by atoms with Crippen LogP contribution in [0.5, 0.6) is 0 Å². The second-order valence-electron chi connectivity index (χ2n) is 7.65. The predicted octanol–water partition coefficient (Wildman–Crippen LogP) is 3.35. The number of rotatable bonds is 3. The molecule has 2 aromatic heterocycles. The van der Waals surface area contributed by atoms with Gasteiger partial charge in [0.25, 0.3) is 5.56 Å². The van der Waals surface area contributed by atoms with Gasteiger partial charge in [0, 0.05) is 24.5 Å². The summed E-state index contributed by atoms with van der Waals surface area (Å²) >= 11 is 0. The van der Waals surface area contributed by atoms with Crippen LogP contribution in [-0.2, 0) is 13.0 Å². The Morgan fingerprint density at radius 1 is 0.968 bits per heavy atom. The molecule has 0 amide bonds. The van der Waals surface area contributed by atoms with E-state index in [1.54, 1.807) is 18.2 Å². The van der Waals surface area contributed by atoms with E-state index in [4.69, 9.17) is 15.1 Å². The molecule has 1 N–H and O–H groups in total. The number of anilines is 1. The van der Waals surface area contributed by atoms with Gasteiger partial charge in [0.05, 0.1) is 16.9 Å². The van der Waals surface area contributed by atoms with Crippen molar-refractivity contribution in [3.05, 3.63) is 93.4 Å². The molecule has 7 nitrogen and oxygen atoms in total. The number of hydrogen-bond acceptors (Lipinski definition) is 5. The van der Waals surface area contributed by atoms with E-state index in [0.717, 1.165) is 24.0 Å². The normalized spacial score (nSPS) is 13.3. The number of aromatic carboxylic acids is 1. The summed E-state index contributed by atoms with van der Waals surface area (Å²) in [4.78, 5) is 35.6. The Morgan fingerprint density at radius 2 is 1.71 bits per heavy atom. The number of fused-ring (bicyclic) bond motifs is 2. The van der Waals surface area contributed by atoms with E-state index in [0.29, 0.717) is 23.8 Å². The fourth-order valence-electron chi connectivity index (χ4n) is 4.06. The lowest BCUT2D eigenvalue weighted by Gasteiger charge is -2.29. The molecule has 0 aliphatic carbocycles. The van der Waals surface area contributed by atoms with Crippen LogP contribution in [0.15, 0.2) is 65.5 Å². The van der Waals surface area contributed by atoms with Crippen LogP contribution >= 0.6 is 0 Å². The number of pyridine rings is 1. The van der Waals surface area contributed by atoms with Crippen molar-refractivity contribution in [1.29, 1.82) is 0 Å². The second kappa shape index (κ2) is 7.36. The SMILES string of the molecule is Cc1nc(N2CCc3ccccc3C2)nc2c1ccc(=O)n2-c1ccc(C(=O)O)cc1. The summed E-state index contributed by atoms with van der Waals surface area (Å²) in [5, 5.41) is 9.95. The highest BCUT2D eigenvalue weighted by Gasteiger charge is 2.20. The molecule has 7 heteroatoms. The molecule has 31 heavy (non-hydrogen) atoms. The van der Waals surface area contributed by atoms with Crippen molar-refractivity contribution in [2.24, 2.45) is 0 Å². The molecule has 0 radical (unpaired) electrons. The Hall–Kier alpha value is -4.00. The minimum Gasteiger partial charge on any atom is -0.478 e. The average Bonchev–Trinajstić information content (AvgIpc) is 2.78. The van der Waals surface area contributed by atoms with E-state index in [2.05, 4.69) is 23.1 Å². The maximum absolute atomic E-state index is 12.8. The summed E-state index contributed by atoms with van der Waals surface area (Å²) in [5.74, 6) is -0.427. The Kier molecular flexibility index (Phi) is 4.51. The van der Waals surface area contributed by atoms with Crippen molar-refractivity contribution in [2.75, 3.05) is 11.4 Å². The van der Waals surface area contributed by atoms with E-state index in [1.807, 2.05) is 13.0 Å².